The number of halogens is 1. The first-order valence-corrected chi connectivity index (χ1v) is 14.8. The number of carbonyl (C=O) groups is 1. The number of sulfonamides is 1. The van der Waals surface area contributed by atoms with Crippen LogP contribution in [0.2, 0.25) is 0 Å². The number of imidazole rings is 1. The van der Waals surface area contributed by atoms with Crippen LogP contribution in [-0.4, -0.2) is 89.2 Å². The van der Waals surface area contributed by atoms with Crippen LogP contribution in [0.3, 0.4) is 0 Å². The highest BCUT2D eigenvalue weighted by Gasteiger charge is 2.30. The van der Waals surface area contributed by atoms with Crippen molar-refractivity contribution >= 4 is 45.2 Å². The van der Waals surface area contributed by atoms with Crippen molar-refractivity contribution in [1.82, 2.24) is 23.3 Å². The molecule has 3 aromatic rings. The normalized spacial score (nSPS) is 18.4. The molecule has 2 aliphatic rings. The number of nitrogens with zero attached hydrogens (tertiary/aromatic N) is 7. The molecule has 2 aromatic heterocycles. The van der Waals surface area contributed by atoms with E-state index in [1.165, 1.54) is 8.87 Å². The molecule has 2 N–H and O–H groups in total. The van der Waals surface area contributed by atoms with Crippen LogP contribution in [0.1, 0.15) is 34.5 Å². The van der Waals surface area contributed by atoms with Gasteiger partial charge in [-0.05, 0) is 30.5 Å². The number of hydrogen-bond acceptors (Lipinski definition) is 8. The predicted octanol–water partition coefficient (Wildman–Crippen LogP) is 0.722. The number of nitriles is 1. The van der Waals surface area contributed by atoms with Crippen LogP contribution in [0.5, 0.6) is 0 Å². The van der Waals surface area contributed by atoms with Crippen molar-refractivity contribution in [1.29, 1.82) is 5.26 Å². The average molecular weight is 589 g/mol. The molecule has 4 heterocycles. The predicted molar refractivity (Wildman–Crippen MR) is 154 cm³/mol. The number of amides is 1. The minimum absolute atomic E-state index is 0. The largest absolute Gasteiger partial charge is 0.368 e. The molecular formula is C26H33ClN8O4S. The third-order valence-electron chi connectivity index (χ3n) is 7.54. The first-order valence-electron chi connectivity index (χ1n) is 12.9. The van der Waals surface area contributed by atoms with E-state index in [0.29, 0.717) is 41.1 Å². The second-order valence-corrected chi connectivity index (χ2v) is 12.2. The van der Waals surface area contributed by atoms with Gasteiger partial charge in [0.1, 0.15) is 11.2 Å². The number of hydrogen-bond donors (Lipinski definition) is 1. The molecule has 1 atom stereocenters. The summed E-state index contributed by atoms with van der Waals surface area (Å²) in [5.74, 6) is -0.317. The summed E-state index contributed by atoms with van der Waals surface area (Å²) in [6, 6.07) is 11.0. The minimum atomic E-state index is -3.33. The monoisotopic (exact) mass is 588 g/mol. The van der Waals surface area contributed by atoms with Gasteiger partial charge >= 0.3 is 5.69 Å². The fourth-order valence-corrected chi connectivity index (χ4v) is 6.25. The number of anilines is 1. The van der Waals surface area contributed by atoms with Gasteiger partial charge < -0.3 is 15.5 Å². The number of fused-ring (bicyclic) bond motifs is 1. The number of piperidine rings is 1. The Morgan fingerprint density at radius 2 is 1.88 bits per heavy atom. The Balaban J connectivity index is 0.00000370. The zero-order valence-electron chi connectivity index (χ0n) is 22.5. The lowest BCUT2D eigenvalue weighted by Gasteiger charge is -2.34. The van der Waals surface area contributed by atoms with Gasteiger partial charge in [-0.1, -0.05) is 18.2 Å². The van der Waals surface area contributed by atoms with E-state index in [4.69, 9.17) is 5.73 Å². The Morgan fingerprint density at radius 3 is 2.52 bits per heavy atom. The summed E-state index contributed by atoms with van der Waals surface area (Å²) in [4.78, 5) is 35.5. The molecule has 5 rings (SSSR count). The molecule has 0 spiro atoms. The standard InChI is InChI=1S/C26H32N8O4S.ClH/c1-30-24-23(34(26(30)36)16-19-7-4-3-6-18(19)15-27)22(32-9-5-8-20(28)17-32)14-21(29-24)25(35)31-10-12-33(13-11-31)39(2,37)38;/h3-4,6-7,14,20H,5,8-13,16-17,28H2,1-2H3;1H. The van der Waals surface area contributed by atoms with Crippen LogP contribution in [0, 0.1) is 11.3 Å². The Morgan fingerprint density at radius 1 is 1.18 bits per heavy atom. The number of pyridine rings is 1. The summed E-state index contributed by atoms with van der Waals surface area (Å²) in [6.45, 7) is 2.39. The van der Waals surface area contributed by atoms with E-state index in [2.05, 4.69) is 16.0 Å². The first kappa shape index (κ1) is 29.5. The third-order valence-corrected chi connectivity index (χ3v) is 8.84. The quantitative estimate of drug-likeness (QED) is 0.458. The van der Waals surface area contributed by atoms with Crippen molar-refractivity contribution in [3.63, 3.8) is 0 Å². The molecule has 214 valence electrons. The van der Waals surface area contributed by atoms with Gasteiger partial charge in [0, 0.05) is 52.4 Å². The molecule has 12 nitrogen and oxygen atoms in total. The van der Waals surface area contributed by atoms with Crippen LogP contribution in [-0.2, 0) is 23.6 Å². The molecule has 40 heavy (non-hydrogen) atoms. The van der Waals surface area contributed by atoms with Crippen molar-refractivity contribution in [3.05, 3.63) is 57.6 Å². The van der Waals surface area contributed by atoms with Gasteiger partial charge in [-0.3, -0.25) is 13.9 Å². The number of nitrogens with two attached hydrogens (primary N) is 1. The van der Waals surface area contributed by atoms with Crippen LogP contribution in [0.4, 0.5) is 5.69 Å². The zero-order chi connectivity index (χ0) is 27.9. The van der Waals surface area contributed by atoms with Gasteiger partial charge in [-0.2, -0.15) is 9.57 Å². The zero-order valence-corrected chi connectivity index (χ0v) is 24.1. The fraction of sp³-hybridized carbons (Fsp3) is 0.462. The van der Waals surface area contributed by atoms with E-state index < -0.39 is 10.0 Å². The Hall–Kier alpha value is -3.44. The van der Waals surface area contributed by atoms with E-state index >= 15 is 0 Å². The minimum Gasteiger partial charge on any atom is -0.368 e. The van der Waals surface area contributed by atoms with E-state index in [0.717, 1.165) is 19.1 Å². The van der Waals surface area contributed by atoms with E-state index in [1.807, 2.05) is 12.1 Å². The van der Waals surface area contributed by atoms with Gasteiger partial charge in [-0.15, -0.1) is 12.4 Å². The van der Waals surface area contributed by atoms with Crippen molar-refractivity contribution in [2.24, 2.45) is 12.8 Å². The molecule has 0 radical (unpaired) electrons. The van der Waals surface area contributed by atoms with Gasteiger partial charge in [-0.25, -0.2) is 18.2 Å². The topological polar surface area (TPSA) is 151 Å². The number of rotatable bonds is 5. The number of benzene rings is 1. The average Bonchev–Trinajstić information content (AvgIpc) is 3.16. The van der Waals surface area contributed by atoms with E-state index in [1.54, 1.807) is 34.7 Å². The number of aryl methyl sites for hydroxylation is 1. The van der Waals surface area contributed by atoms with Crippen molar-refractivity contribution in [2.75, 3.05) is 50.4 Å². The summed E-state index contributed by atoms with van der Waals surface area (Å²) in [6.07, 6.45) is 2.92. The first-order chi connectivity index (χ1) is 18.6. The molecule has 2 saturated heterocycles. The number of carbonyl (C=O) groups excluding carboxylic acids is 1. The summed E-state index contributed by atoms with van der Waals surface area (Å²) in [5.41, 5.74) is 9.03. The Bertz CT molecular complexity index is 1640. The molecule has 14 heteroatoms. The second-order valence-electron chi connectivity index (χ2n) is 10.2. The molecule has 1 aromatic carbocycles. The van der Waals surface area contributed by atoms with Crippen LogP contribution >= 0.6 is 12.4 Å². The molecule has 0 bridgehead atoms. The van der Waals surface area contributed by atoms with Crippen molar-refractivity contribution in [2.45, 2.75) is 25.4 Å². The maximum Gasteiger partial charge on any atom is 0.330 e. The maximum atomic E-state index is 13.6. The van der Waals surface area contributed by atoms with Crippen LogP contribution in [0.25, 0.3) is 11.2 Å². The summed E-state index contributed by atoms with van der Waals surface area (Å²) < 4.78 is 28.2. The lowest BCUT2D eigenvalue weighted by molar-refractivity contribution is 0.0692. The highest BCUT2D eigenvalue weighted by Crippen LogP contribution is 2.30. The summed E-state index contributed by atoms with van der Waals surface area (Å²) in [7, 11) is -1.71. The van der Waals surface area contributed by atoms with Gasteiger partial charge in [0.05, 0.1) is 30.1 Å². The Labute approximate surface area is 239 Å². The van der Waals surface area contributed by atoms with Crippen LogP contribution in [0.15, 0.2) is 35.1 Å². The highest BCUT2D eigenvalue weighted by molar-refractivity contribution is 7.88. The number of piperazine rings is 1. The summed E-state index contributed by atoms with van der Waals surface area (Å²) >= 11 is 0. The summed E-state index contributed by atoms with van der Waals surface area (Å²) in [5, 5.41) is 9.60. The van der Waals surface area contributed by atoms with Crippen LogP contribution < -0.4 is 16.3 Å². The van der Waals surface area contributed by atoms with E-state index in [9.17, 15) is 23.3 Å². The smallest absolute Gasteiger partial charge is 0.330 e. The molecule has 1 amide bonds. The lowest BCUT2D eigenvalue weighted by Crippen LogP contribution is -2.50. The van der Waals surface area contributed by atoms with E-state index in [-0.39, 0.29) is 68.5 Å². The maximum absolute atomic E-state index is 13.6. The Kier molecular flexibility index (Phi) is 8.55. The SMILES string of the molecule is Cl.Cn1c(=O)n(Cc2ccccc2C#N)c2c(N3CCCC(N)C3)cc(C(=O)N3CCN(S(C)(=O)=O)CC3)nc21. The molecule has 0 saturated carbocycles. The number of aromatic nitrogens is 3. The van der Waals surface area contributed by atoms with Gasteiger partial charge in [0.2, 0.25) is 10.0 Å². The molecule has 2 aliphatic heterocycles. The second kappa shape index (κ2) is 11.6. The highest BCUT2D eigenvalue weighted by atomic mass is 35.5. The van der Waals surface area contributed by atoms with Gasteiger partial charge in [0.25, 0.3) is 5.91 Å². The third kappa shape index (κ3) is 5.57. The molecule has 0 aliphatic carbocycles. The molecule has 1 unspecified atom stereocenters. The molecular weight excluding hydrogens is 556 g/mol. The van der Waals surface area contributed by atoms with Crippen molar-refractivity contribution in [3.8, 4) is 6.07 Å². The fourth-order valence-electron chi connectivity index (χ4n) is 5.42. The lowest BCUT2D eigenvalue weighted by atomic mass is 10.1. The van der Waals surface area contributed by atoms with Crippen molar-refractivity contribution < 1.29 is 13.2 Å². The molecule has 2 fully saturated rings. The van der Waals surface area contributed by atoms with Gasteiger partial charge in [0.15, 0.2) is 5.65 Å².